The molecule has 0 radical (unpaired) electrons. The lowest BCUT2D eigenvalue weighted by atomic mass is 9.97. The van der Waals surface area contributed by atoms with E-state index in [2.05, 4.69) is 5.32 Å². The number of nitrogens with one attached hydrogen (secondary N) is 1. The molecule has 0 bridgehead atoms. The maximum atomic E-state index is 12.4. The van der Waals surface area contributed by atoms with Crippen molar-refractivity contribution in [2.24, 2.45) is 5.41 Å². The first kappa shape index (κ1) is 16.6. The molecule has 0 atom stereocenters. The number of nitrogens with zero attached hydrogens (tertiary/aromatic N) is 1. The quantitative estimate of drug-likeness (QED) is 0.878. The van der Waals surface area contributed by atoms with Crippen LogP contribution in [-0.4, -0.2) is 32.9 Å². The van der Waals surface area contributed by atoms with Gasteiger partial charge >= 0.3 is 0 Å². The maximum Gasteiger partial charge on any atom is 0.252 e. The topological polar surface area (TPSA) is 49.4 Å². The van der Waals surface area contributed by atoms with Gasteiger partial charge in [-0.15, -0.1) is 11.3 Å². The van der Waals surface area contributed by atoms with E-state index < -0.39 is 10.0 Å². The molecule has 0 aromatic carbocycles. The van der Waals surface area contributed by atoms with E-state index in [4.69, 9.17) is 0 Å². The fraction of sp³-hybridized carbons (Fsp3) is 0.692. The average Bonchev–Trinajstić information content (AvgIpc) is 2.73. The maximum absolute atomic E-state index is 12.4. The molecule has 0 saturated heterocycles. The van der Waals surface area contributed by atoms with E-state index in [1.165, 1.54) is 15.6 Å². The lowest BCUT2D eigenvalue weighted by Gasteiger charge is -2.25. The predicted octanol–water partition coefficient (Wildman–Crippen LogP) is 2.52. The van der Waals surface area contributed by atoms with E-state index >= 15 is 0 Å². The number of hydrogen-bond acceptors (Lipinski definition) is 4. The molecular weight excluding hydrogens is 280 g/mol. The summed E-state index contributed by atoms with van der Waals surface area (Å²) in [6.07, 6.45) is 0. The van der Waals surface area contributed by atoms with Gasteiger partial charge in [-0.25, -0.2) is 8.42 Å². The summed E-state index contributed by atoms with van der Waals surface area (Å²) in [5, 5.41) is 3.20. The van der Waals surface area contributed by atoms with Crippen LogP contribution in [0.5, 0.6) is 0 Å². The Morgan fingerprint density at radius 2 is 1.95 bits per heavy atom. The van der Waals surface area contributed by atoms with Crippen molar-refractivity contribution in [3.63, 3.8) is 0 Å². The molecule has 0 spiro atoms. The summed E-state index contributed by atoms with van der Waals surface area (Å²) in [4.78, 5) is 1.05. The van der Waals surface area contributed by atoms with Gasteiger partial charge in [0.1, 0.15) is 4.21 Å². The second-order valence-corrected chi connectivity index (χ2v) is 9.26. The fourth-order valence-electron chi connectivity index (χ4n) is 1.75. The van der Waals surface area contributed by atoms with Crippen LogP contribution in [0.25, 0.3) is 0 Å². The number of rotatable bonds is 6. The van der Waals surface area contributed by atoms with E-state index in [9.17, 15) is 8.42 Å². The monoisotopic (exact) mass is 304 g/mol. The van der Waals surface area contributed by atoms with Crippen LogP contribution in [-0.2, 0) is 16.6 Å². The van der Waals surface area contributed by atoms with Crippen LogP contribution in [0, 0.1) is 5.41 Å². The van der Waals surface area contributed by atoms with Crippen molar-refractivity contribution in [1.29, 1.82) is 0 Å². The summed E-state index contributed by atoms with van der Waals surface area (Å²) in [6.45, 7) is 10.2. The molecule has 0 aliphatic heterocycles. The van der Waals surface area contributed by atoms with Crippen LogP contribution in [0.2, 0.25) is 0 Å². The van der Waals surface area contributed by atoms with Crippen LogP contribution >= 0.6 is 11.3 Å². The lowest BCUT2D eigenvalue weighted by Crippen LogP contribution is -2.34. The first-order valence-electron chi connectivity index (χ1n) is 6.42. The summed E-state index contributed by atoms with van der Waals surface area (Å²) in [5.41, 5.74) is -0.0499. The van der Waals surface area contributed by atoms with Gasteiger partial charge in [-0.05, 0) is 24.1 Å². The molecule has 0 fully saturated rings. The zero-order valence-electron chi connectivity index (χ0n) is 12.4. The molecule has 1 heterocycles. The summed E-state index contributed by atoms with van der Waals surface area (Å²) >= 11 is 1.34. The summed E-state index contributed by atoms with van der Waals surface area (Å²) in [5.74, 6) is 0. The van der Waals surface area contributed by atoms with Crippen molar-refractivity contribution in [2.75, 3.05) is 20.1 Å². The minimum Gasteiger partial charge on any atom is -0.312 e. The Labute approximate surface area is 120 Å². The Hall–Kier alpha value is -0.430. The lowest BCUT2D eigenvalue weighted by molar-refractivity contribution is 0.311. The van der Waals surface area contributed by atoms with Crippen molar-refractivity contribution in [3.05, 3.63) is 17.0 Å². The Morgan fingerprint density at radius 3 is 2.47 bits per heavy atom. The van der Waals surface area contributed by atoms with E-state index in [0.717, 1.165) is 18.0 Å². The number of sulfonamides is 1. The molecular formula is C13H24N2O2S2. The Bertz CT molecular complexity index is 501. The molecule has 0 unspecified atom stereocenters. The zero-order chi connectivity index (χ0) is 14.7. The zero-order valence-corrected chi connectivity index (χ0v) is 14.0. The van der Waals surface area contributed by atoms with E-state index in [1.54, 1.807) is 13.1 Å². The normalized spacial score (nSPS) is 13.2. The molecule has 1 aromatic rings. The first-order valence-corrected chi connectivity index (χ1v) is 8.68. The molecule has 1 rings (SSSR count). The molecule has 0 aliphatic carbocycles. The average molecular weight is 304 g/mol. The van der Waals surface area contributed by atoms with Gasteiger partial charge in [0.05, 0.1) is 0 Å². The molecule has 4 nitrogen and oxygen atoms in total. The van der Waals surface area contributed by atoms with Crippen LogP contribution in [0.3, 0.4) is 0 Å². The Kier molecular flexibility index (Phi) is 5.55. The summed E-state index contributed by atoms with van der Waals surface area (Å²) < 4.78 is 26.7. The van der Waals surface area contributed by atoms with E-state index in [0.29, 0.717) is 10.8 Å². The summed E-state index contributed by atoms with van der Waals surface area (Å²) in [6, 6.07) is 3.58. The Balaban J connectivity index is 2.85. The van der Waals surface area contributed by atoms with Gasteiger partial charge in [0.15, 0.2) is 0 Å². The smallest absolute Gasteiger partial charge is 0.252 e. The molecule has 1 aromatic heterocycles. The number of thiophene rings is 1. The second-order valence-electron chi connectivity index (χ2n) is 5.82. The largest absolute Gasteiger partial charge is 0.312 e. The minimum atomic E-state index is -3.35. The highest BCUT2D eigenvalue weighted by Gasteiger charge is 2.26. The molecule has 110 valence electrons. The molecule has 19 heavy (non-hydrogen) atoms. The molecule has 0 saturated carbocycles. The molecule has 1 N–H and O–H groups in total. The Morgan fingerprint density at radius 1 is 1.32 bits per heavy atom. The highest BCUT2D eigenvalue weighted by atomic mass is 32.2. The SMILES string of the molecule is CCNCc1ccc(S(=O)(=O)N(C)CC(C)(C)C)s1. The van der Waals surface area contributed by atoms with Crippen LogP contribution in [0.1, 0.15) is 32.6 Å². The fourth-order valence-corrected chi connectivity index (χ4v) is 4.68. The highest BCUT2D eigenvalue weighted by Crippen LogP contribution is 2.26. The second kappa shape index (κ2) is 6.35. The van der Waals surface area contributed by atoms with Crippen LogP contribution in [0.15, 0.2) is 16.3 Å². The highest BCUT2D eigenvalue weighted by molar-refractivity contribution is 7.91. The summed E-state index contributed by atoms with van der Waals surface area (Å²) in [7, 11) is -1.71. The van der Waals surface area contributed by atoms with Crippen molar-refractivity contribution in [1.82, 2.24) is 9.62 Å². The van der Waals surface area contributed by atoms with Gasteiger partial charge in [0.2, 0.25) is 0 Å². The third-order valence-corrected chi connectivity index (χ3v) is 5.90. The van der Waals surface area contributed by atoms with Crippen molar-refractivity contribution < 1.29 is 8.42 Å². The van der Waals surface area contributed by atoms with E-state index in [1.807, 2.05) is 33.8 Å². The first-order chi connectivity index (χ1) is 8.66. The van der Waals surface area contributed by atoms with Crippen molar-refractivity contribution in [2.45, 2.75) is 38.4 Å². The van der Waals surface area contributed by atoms with Gasteiger partial charge in [-0.3, -0.25) is 0 Å². The van der Waals surface area contributed by atoms with E-state index in [-0.39, 0.29) is 5.41 Å². The minimum absolute atomic E-state index is 0.0499. The third kappa shape index (κ3) is 4.87. The van der Waals surface area contributed by atoms with Crippen LogP contribution < -0.4 is 5.32 Å². The van der Waals surface area contributed by atoms with Crippen molar-refractivity contribution in [3.8, 4) is 0 Å². The van der Waals surface area contributed by atoms with Crippen LogP contribution in [0.4, 0.5) is 0 Å². The van der Waals surface area contributed by atoms with Gasteiger partial charge in [0, 0.05) is 25.0 Å². The van der Waals surface area contributed by atoms with Crippen molar-refractivity contribution >= 4 is 21.4 Å². The molecule has 0 aliphatic rings. The van der Waals surface area contributed by atoms with Gasteiger partial charge in [-0.1, -0.05) is 27.7 Å². The third-order valence-electron chi connectivity index (χ3n) is 2.55. The van der Waals surface area contributed by atoms with Gasteiger partial charge in [-0.2, -0.15) is 4.31 Å². The van der Waals surface area contributed by atoms with Gasteiger partial charge in [0.25, 0.3) is 10.0 Å². The molecule has 6 heteroatoms. The molecule has 0 amide bonds. The standard InChI is InChI=1S/C13H24N2O2S2/c1-6-14-9-11-7-8-12(18-11)19(16,17)15(5)10-13(2,3)4/h7-8,14H,6,9-10H2,1-5H3. The predicted molar refractivity (Wildman–Crippen MR) is 81.0 cm³/mol. The number of hydrogen-bond donors (Lipinski definition) is 1. The van der Waals surface area contributed by atoms with Gasteiger partial charge < -0.3 is 5.32 Å².